The predicted octanol–water partition coefficient (Wildman–Crippen LogP) is 1.58. The van der Waals surface area contributed by atoms with Crippen LogP contribution in [0.4, 0.5) is 0 Å². The highest BCUT2D eigenvalue weighted by atomic mass is 32.2. The van der Waals surface area contributed by atoms with Gasteiger partial charge in [-0.1, -0.05) is 12.1 Å². The summed E-state index contributed by atoms with van der Waals surface area (Å²) in [6, 6.07) is 8.44. The van der Waals surface area contributed by atoms with Crippen molar-refractivity contribution >= 4 is 10.0 Å². The third kappa shape index (κ3) is 3.05. The lowest BCUT2D eigenvalue weighted by atomic mass is 10.1. The zero-order valence-electron chi connectivity index (χ0n) is 9.48. The highest BCUT2D eigenvalue weighted by Crippen LogP contribution is 2.13. The van der Waals surface area contributed by atoms with Crippen molar-refractivity contribution in [3.05, 3.63) is 29.8 Å². The molecule has 0 saturated carbocycles. The van der Waals surface area contributed by atoms with Gasteiger partial charge >= 0.3 is 0 Å². The summed E-state index contributed by atoms with van der Waals surface area (Å²) in [6.45, 7) is 4.84. The molecule has 0 radical (unpaired) electrons. The molecule has 0 unspecified atom stereocenters. The highest BCUT2D eigenvalue weighted by molar-refractivity contribution is 7.89. The number of nitrogens with zero attached hydrogens (tertiary/aromatic N) is 1. The Morgan fingerprint density at radius 3 is 2.50 bits per heavy atom. The van der Waals surface area contributed by atoms with Gasteiger partial charge in [0.25, 0.3) is 0 Å². The molecule has 0 amide bonds. The van der Waals surface area contributed by atoms with Crippen molar-refractivity contribution in [3.63, 3.8) is 0 Å². The van der Waals surface area contributed by atoms with E-state index in [-0.39, 0.29) is 4.90 Å². The topological polar surface area (TPSA) is 70.0 Å². The van der Waals surface area contributed by atoms with Crippen molar-refractivity contribution in [2.24, 2.45) is 0 Å². The van der Waals surface area contributed by atoms with E-state index in [9.17, 15) is 8.42 Å². The summed E-state index contributed by atoms with van der Waals surface area (Å²) in [6.07, 6.45) is 0. The summed E-state index contributed by atoms with van der Waals surface area (Å²) >= 11 is 0. The maximum Gasteiger partial charge on any atom is 0.241 e. The molecule has 0 spiro atoms. The zero-order valence-corrected chi connectivity index (χ0v) is 10.3. The molecule has 0 aliphatic rings. The molecule has 0 heterocycles. The number of nitrogens with one attached hydrogen (secondary N) is 1. The largest absolute Gasteiger partial charge is 0.241 e. The Balaban J connectivity index is 3.10. The Morgan fingerprint density at radius 1 is 1.38 bits per heavy atom. The molecule has 0 saturated heterocycles. The third-order valence-electron chi connectivity index (χ3n) is 1.97. The summed E-state index contributed by atoms with van der Waals surface area (Å²) in [5, 5.41) is 8.78. The standard InChI is InChI=1S/C11H14N2O2S/c1-9-5-4-6-10(7-9)16(14,15)13-11(2,3)8-12/h4-7,13H,1-3H3. The van der Waals surface area contributed by atoms with Crippen LogP contribution < -0.4 is 4.72 Å². The lowest BCUT2D eigenvalue weighted by Crippen LogP contribution is -2.41. The first kappa shape index (κ1) is 12.7. The van der Waals surface area contributed by atoms with Crippen LogP contribution in [0.2, 0.25) is 0 Å². The Morgan fingerprint density at radius 2 is 2.00 bits per heavy atom. The van der Waals surface area contributed by atoms with E-state index >= 15 is 0 Å². The Hall–Kier alpha value is -1.38. The van der Waals surface area contributed by atoms with Gasteiger partial charge in [-0.3, -0.25) is 0 Å². The third-order valence-corrected chi connectivity index (χ3v) is 3.62. The van der Waals surface area contributed by atoms with Gasteiger partial charge in [-0.15, -0.1) is 0 Å². The first-order chi connectivity index (χ1) is 7.27. The summed E-state index contributed by atoms with van der Waals surface area (Å²) in [5.41, 5.74) is -0.250. The quantitative estimate of drug-likeness (QED) is 0.869. The van der Waals surface area contributed by atoms with Gasteiger partial charge in [0.15, 0.2) is 0 Å². The molecule has 0 aromatic heterocycles. The number of nitriles is 1. The first-order valence-electron chi connectivity index (χ1n) is 4.79. The van der Waals surface area contributed by atoms with Gasteiger partial charge in [-0.25, -0.2) is 8.42 Å². The highest BCUT2D eigenvalue weighted by Gasteiger charge is 2.25. The molecular formula is C11H14N2O2S. The number of benzene rings is 1. The van der Waals surface area contributed by atoms with Gasteiger partial charge < -0.3 is 0 Å². The van der Waals surface area contributed by atoms with Crippen LogP contribution in [0.25, 0.3) is 0 Å². The molecule has 1 aromatic rings. The molecule has 86 valence electrons. The molecule has 0 atom stereocenters. The Kier molecular flexibility index (Phi) is 3.36. The SMILES string of the molecule is Cc1cccc(S(=O)(=O)NC(C)(C)C#N)c1. The van der Waals surface area contributed by atoms with E-state index in [2.05, 4.69) is 4.72 Å². The van der Waals surface area contributed by atoms with Crippen molar-refractivity contribution in [1.29, 1.82) is 5.26 Å². The normalized spacial score (nSPS) is 12.1. The molecule has 4 nitrogen and oxygen atoms in total. The van der Waals surface area contributed by atoms with Crippen molar-refractivity contribution in [2.75, 3.05) is 0 Å². The lowest BCUT2D eigenvalue weighted by Gasteiger charge is -2.17. The molecule has 0 bridgehead atoms. The van der Waals surface area contributed by atoms with E-state index in [1.54, 1.807) is 12.1 Å². The molecule has 0 aliphatic heterocycles. The van der Waals surface area contributed by atoms with Crippen LogP contribution in [-0.2, 0) is 10.0 Å². The van der Waals surface area contributed by atoms with Crippen LogP contribution in [-0.4, -0.2) is 14.0 Å². The second-order valence-corrected chi connectivity index (χ2v) is 5.84. The number of aryl methyl sites for hydroxylation is 1. The maximum atomic E-state index is 11.9. The fraction of sp³-hybridized carbons (Fsp3) is 0.364. The monoisotopic (exact) mass is 238 g/mol. The van der Waals surface area contributed by atoms with Gasteiger partial charge in [0.2, 0.25) is 10.0 Å². The van der Waals surface area contributed by atoms with Gasteiger partial charge in [0, 0.05) is 0 Å². The van der Waals surface area contributed by atoms with E-state index in [1.807, 2.05) is 19.1 Å². The smallest absolute Gasteiger partial charge is 0.207 e. The molecular weight excluding hydrogens is 224 g/mol. The van der Waals surface area contributed by atoms with Gasteiger partial charge in [0.1, 0.15) is 5.54 Å². The van der Waals surface area contributed by atoms with E-state index in [0.717, 1.165) is 5.56 Å². The average molecular weight is 238 g/mol. The summed E-state index contributed by atoms with van der Waals surface area (Å²) in [4.78, 5) is 0.177. The molecule has 0 fully saturated rings. The number of hydrogen-bond acceptors (Lipinski definition) is 3. The zero-order chi connectivity index (χ0) is 12.4. The van der Waals surface area contributed by atoms with Crippen LogP contribution >= 0.6 is 0 Å². The molecule has 1 aromatic carbocycles. The second-order valence-electron chi connectivity index (χ2n) is 4.16. The molecule has 0 aliphatic carbocycles. The number of rotatable bonds is 3. The van der Waals surface area contributed by atoms with Crippen molar-refractivity contribution in [3.8, 4) is 6.07 Å². The lowest BCUT2D eigenvalue weighted by molar-refractivity contribution is 0.535. The van der Waals surface area contributed by atoms with Crippen molar-refractivity contribution < 1.29 is 8.42 Å². The summed E-state index contributed by atoms with van der Waals surface area (Å²) < 4.78 is 26.1. The van der Waals surface area contributed by atoms with Gasteiger partial charge in [0.05, 0.1) is 11.0 Å². The Bertz CT molecular complexity index is 527. The van der Waals surface area contributed by atoms with Gasteiger partial charge in [-0.05, 0) is 38.5 Å². The predicted molar refractivity (Wildman–Crippen MR) is 61.2 cm³/mol. The summed E-state index contributed by atoms with van der Waals surface area (Å²) in [7, 11) is -3.63. The second kappa shape index (κ2) is 4.24. The maximum absolute atomic E-state index is 11.9. The Labute approximate surface area is 96.0 Å². The van der Waals surface area contributed by atoms with Crippen molar-refractivity contribution in [2.45, 2.75) is 31.2 Å². The van der Waals surface area contributed by atoms with E-state index < -0.39 is 15.6 Å². The average Bonchev–Trinajstić information content (AvgIpc) is 2.16. The minimum atomic E-state index is -3.63. The summed E-state index contributed by atoms with van der Waals surface area (Å²) in [5.74, 6) is 0. The van der Waals surface area contributed by atoms with Crippen molar-refractivity contribution in [1.82, 2.24) is 4.72 Å². The van der Waals surface area contributed by atoms with Crippen LogP contribution in [0.5, 0.6) is 0 Å². The minimum Gasteiger partial charge on any atom is -0.207 e. The number of sulfonamides is 1. The van der Waals surface area contributed by atoms with E-state index in [0.29, 0.717) is 0 Å². The van der Waals surface area contributed by atoms with Crippen LogP contribution in [0.1, 0.15) is 19.4 Å². The fourth-order valence-electron chi connectivity index (χ4n) is 1.20. The minimum absolute atomic E-state index is 0.177. The number of hydrogen-bond donors (Lipinski definition) is 1. The van der Waals surface area contributed by atoms with E-state index in [4.69, 9.17) is 5.26 Å². The molecule has 1 rings (SSSR count). The molecule has 16 heavy (non-hydrogen) atoms. The first-order valence-corrected chi connectivity index (χ1v) is 6.27. The van der Waals surface area contributed by atoms with E-state index in [1.165, 1.54) is 19.9 Å². The molecule has 1 N–H and O–H groups in total. The van der Waals surface area contributed by atoms with Gasteiger partial charge in [-0.2, -0.15) is 9.98 Å². The van der Waals surface area contributed by atoms with Crippen LogP contribution in [0, 0.1) is 18.3 Å². The van der Waals surface area contributed by atoms with Crippen LogP contribution in [0.15, 0.2) is 29.2 Å². The van der Waals surface area contributed by atoms with Crippen LogP contribution in [0.3, 0.4) is 0 Å². The fourth-order valence-corrected chi connectivity index (χ4v) is 2.63. The molecule has 5 heteroatoms.